The van der Waals surface area contributed by atoms with Crippen molar-refractivity contribution in [1.82, 2.24) is 5.32 Å². The normalized spacial score (nSPS) is 12.2. The van der Waals surface area contributed by atoms with Gasteiger partial charge in [-0.15, -0.1) is 12.4 Å². The van der Waals surface area contributed by atoms with Crippen LogP contribution >= 0.6 is 12.4 Å². The molecular weight excluding hydrogens is 314 g/mol. The van der Waals surface area contributed by atoms with Gasteiger partial charge in [0.25, 0.3) is 5.91 Å². The number of sulfonamides is 1. The van der Waals surface area contributed by atoms with Crippen LogP contribution in [0.2, 0.25) is 0 Å². The first kappa shape index (κ1) is 19.7. The number of hydrogen-bond donors (Lipinski definition) is 3. The zero-order valence-electron chi connectivity index (χ0n) is 12.3. The van der Waals surface area contributed by atoms with E-state index in [1.54, 1.807) is 18.2 Å². The molecule has 0 radical (unpaired) electrons. The van der Waals surface area contributed by atoms with Gasteiger partial charge in [-0.05, 0) is 32.4 Å². The molecular formula is C13H22ClN3O3S. The number of nitrogens with one attached hydrogen (secondary N) is 2. The highest BCUT2D eigenvalue weighted by atomic mass is 35.5. The summed E-state index contributed by atoms with van der Waals surface area (Å²) in [6.45, 7) is 4.14. The summed E-state index contributed by atoms with van der Waals surface area (Å²) in [5.74, 6) is -0.319. The number of anilines is 1. The molecule has 8 heteroatoms. The Kier molecular flexibility index (Phi) is 7.70. The largest absolute Gasteiger partial charge is 0.352 e. The standard InChI is InChI=1S/C13H21N3O3S.ClH/c1-9-4-5-12(16-20(3,18)19)11(8-9)13(17)15-7-6-10(2)14;/h4-5,8,10,16H,6-7,14H2,1-3H3,(H,15,17);1H. The molecule has 0 heterocycles. The fourth-order valence-electron chi connectivity index (χ4n) is 1.64. The molecule has 0 aliphatic carbocycles. The van der Waals surface area contributed by atoms with Gasteiger partial charge in [-0.25, -0.2) is 8.42 Å². The Morgan fingerprint density at radius 1 is 1.38 bits per heavy atom. The van der Waals surface area contributed by atoms with E-state index in [4.69, 9.17) is 5.73 Å². The molecule has 21 heavy (non-hydrogen) atoms. The molecule has 1 unspecified atom stereocenters. The molecule has 1 rings (SSSR count). The van der Waals surface area contributed by atoms with Crippen molar-refractivity contribution in [2.75, 3.05) is 17.5 Å². The highest BCUT2D eigenvalue weighted by molar-refractivity contribution is 7.92. The molecule has 1 aromatic rings. The lowest BCUT2D eigenvalue weighted by Crippen LogP contribution is -2.29. The van der Waals surface area contributed by atoms with Gasteiger partial charge in [0.15, 0.2) is 0 Å². The Morgan fingerprint density at radius 2 is 2.00 bits per heavy atom. The third-order valence-electron chi connectivity index (χ3n) is 2.60. The summed E-state index contributed by atoms with van der Waals surface area (Å²) >= 11 is 0. The maximum absolute atomic E-state index is 12.1. The number of benzene rings is 1. The number of amides is 1. The fraction of sp³-hybridized carbons (Fsp3) is 0.462. The van der Waals surface area contributed by atoms with E-state index in [9.17, 15) is 13.2 Å². The van der Waals surface area contributed by atoms with Crippen LogP contribution in [0.15, 0.2) is 18.2 Å². The van der Waals surface area contributed by atoms with Crippen LogP contribution in [0.5, 0.6) is 0 Å². The quantitative estimate of drug-likeness (QED) is 0.728. The lowest BCUT2D eigenvalue weighted by Gasteiger charge is -2.12. The van der Waals surface area contributed by atoms with E-state index in [2.05, 4.69) is 10.0 Å². The Hall–Kier alpha value is -1.31. The Balaban J connectivity index is 0.00000400. The van der Waals surface area contributed by atoms with Crippen molar-refractivity contribution >= 4 is 34.0 Å². The van der Waals surface area contributed by atoms with Gasteiger partial charge in [0.2, 0.25) is 10.0 Å². The predicted molar refractivity (Wildman–Crippen MR) is 87.5 cm³/mol. The molecule has 1 amide bonds. The van der Waals surface area contributed by atoms with Crippen molar-refractivity contribution in [3.8, 4) is 0 Å². The second kappa shape index (κ2) is 8.21. The average molecular weight is 336 g/mol. The molecule has 0 spiro atoms. The minimum absolute atomic E-state index is 0. The first-order chi connectivity index (χ1) is 9.19. The highest BCUT2D eigenvalue weighted by Gasteiger charge is 2.14. The van der Waals surface area contributed by atoms with Crippen LogP contribution in [-0.2, 0) is 10.0 Å². The zero-order chi connectivity index (χ0) is 15.3. The van der Waals surface area contributed by atoms with Crippen molar-refractivity contribution < 1.29 is 13.2 Å². The second-order valence-corrected chi connectivity index (χ2v) is 6.69. The molecule has 0 aromatic heterocycles. The third-order valence-corrected chi connectivity index (χ3v) is 3.19. The van der Waals surface area contributed by atoms with Gasteiger partial charge in [-0.3, -0.25) is 9.52 Å². The van der Waals surface area contributed by atoms with Crippen LogP contribution < -0.4 is 15.8 Å². The molecule has 0 aliphatic rings. The first-order valence-electron chi connectivity index (χ1n) is 6.31. The maximum Gasteiger partial charge on any atom is 0.253 e. The number of nitrogens with two attached hydrogens (primary N) is 1. The van der Waals surface area contributed by atoms with Gasteiger partial charge in [-0.1, -0.05) is 11.6 Å². The van der Waals surface area contributed by atoms with Gasteiger partial charge >= 0.3 is 0 Å². The summed E-state index contributed by atoms with van der Waals surface area (Å²) in [6.07, 6.45) is 1.71. The average Bonchev–Trinajstić information content (AvgIpc) is 2.29. The van der Waals surface area contributed by atoms with Crippen LogP contribution in [0.1, 0.15) is 29.3 Å². The number of halogens is 1. The van der Waals surface area contributed by atoms with Gasteiger partial charge in [0.1, 0.15) is 0 Å². The predicted octanol–water partition coefficient (Wildman–Crippen LogP) is 1.26. The molecule has 0 fully saturated rings. The molecule has 6 nitrogen and oxygen atoms in total. The van der Waals surface area contributed by atoms with Gasteiger partial charge in [0.05, 0.1) is 17.5 Å². The van der Waals surface area contributed by atoms with Crippen LogP contribution in [-0.4, -0.2) is 33.2 Å². The minimum atomic E-state index is -3.43. The van der Waals surface area contributed by atoms with Crippen molar-refractivity contribution in [2.24, 2.45) is 5.73 Å². The Labute approximate surface area is 132 Å². The van der Waals surface area contributed by atoms with E-state index in [-0.39, 0.29) is 30.0 Å². The summed E-state index contributed by atoms with van der Waals surface area (Å²) in [5.41, 5.74) is 7.07. The van der Waals surface area contributed by atoms with Crippen LogP contribution in [0.3, 0.4) is 0 Å². The van der Waals surface area contributed by atoms with Crippen LogP contribution in [0.25, 0.3) is 0 Å². The zero-order valence-corrected chi connectivity index (χ0v) is 14.0. The number of rotatable bonds is 6. The van der Waals surface area contributed by atoms with E-state index in [1.807, 2.05) is 13.8 Å². The van der Waals surface area contributed by atoms with E-state index >= 15 is 0 Å². The van der Waals surface area contributed by atoms with Crippen molar-refractivity contribution in [3.05, 3.63) is 29.3 Å². The summed E-state index contributed by atoms with van der Waals surface area (Å²) in [6, 6.07) is 4.97. The molecule has 1 atom stereocenters. The lowest BCUT2D eigenvalue weighted by atomic mass is 10.1. The van der Waals surface area contributed by atoms with E-state index in [0.717, 1.165) is 11.8 Å². The maximum atomic E-state index is 12.1. The molecule has 0 saturated heterocycles. The molecule has 120 valence electrons. The van der Waals surface area contributed by atoms with Gasteiger partial charge in [-0.2, -0.15) is 0 Å². The summed E-state index contributed by atoms with van der Waals surface area (Å²) in [7, 11) is -3.43. The molecule has 1 aromatic carbocycles. The Morgan fingerprint density at radius 3 is 2.52 bits per heavy atom. The lowest BCUT2D eigenvalue weighted by molar-refractivity contribution is 0.0953. The monoisotopic (exact) mass is 335 g/mol. The summed E-state index contributed by atoms with van der Waals surface area (Å²) in [5, 5.41) is 2.73. The number of aryl methyl sites for hydroxylation is 1. The minimum Gasteiger partial charge on any atom is -0.352 e. The molecule has 0 saturated carbocycles. The molecule has 4 N–H and O–H groups in total. The number of hydrogen-bond acceptors (Lipinski definition) is 4. The smallest absolute Gasteiger partial charge is 0.253 e. The number of carbonyl (C=O) groups excluding carboxylic acids is 1. The van der Waals surface area contributed by atoms with Crippen LogP contribution in [0, 0.1) is 6.92 Å². The van der Waals surface area contributed by atoms with Gasteiger partial charge < -0.3 is 11.1 Å². The first-order valence-corrected chi connectivity index (χ1v) is 8.20. The van der Waals surface area contributed by atoms with Crippen molar-refractivity contribution in [1.29, 1.82) is 0 Å². The van der Waals surface area contributed by atoms with E-state index in [0.29, 0.717) is 18.5 Å². The fourth-order valence-corrected chi connectivity index (χ4v) is 2.22. The van der Waals surface area contributed by atoms with E-state index in [1.165, 1.54) is 0 Å². The summed E-state index contributed by atoms with van der Waals surface area (Å²) in [4.78, 5) is 12.1. The molecule has 0 bridgehead atoms. The summed E-state index contributed by atoms with van der Waals surface area (Å²) < 4.78 is 25.0. The Bertz CT molecular complexity index is 588. The second-order valence-electron chi connectivity index (χ2n) is 4.95. The SMILES string of the molecule is Cc1ccc(NS(C)(=O)=O)c(C(=O)NCCC(C)N)c1.Cl. The van der Waals surface area contributed by atoms with Crippen molar-refractivity contribution in [3.63, 3.8) is 0 Å². The van der Waals surface area contributed by atoms with Crippen LogP contribution in [0.4, 0.5) is 5.69 Å². The number of carbonyl (C=O) groups is 1. The van der Waals surface area contributed by atoms with Gasteiger partial charge in [0, 0.05) is 12.6 Å². The highest BCUT2D eigenvalue weighted by Crippen LogP contribution is 2.18. The van der Waals surface area contributed by atoms with E-state index < -0.39 is 10.0 Å². The topological polar surface area (TPSA) is 101 Å². The third kappa shape index (κ3) is 7.31. The molecule has 0 aliphatic heterocycles. The van der Waals surface area contributed by atoms with Crippen molar-refractivity contribution in [2.45, 2.75) is 26.3 Å².